The van der Waals surface area contributed by atoms with E-state index in [-0.39, 0.29) is 42.8 Å². The van der Waals surface area contributed by atoms with Gasteiger partial charge >= 0.3 is 21.1 Å². The molecule has 3 heterocycles. The summed E-state index contributed by atoms with van der Waals surface area (Å²) in [6, 6.07) is 35.6. The Morgan fingerprint density at radius 3 is 2.00 bits per heavy atom. The summed E-state index contributed by atoms with van der Waals surface area (Å²) in [7, 11) is 0. The van der Waals surface area contributed by atoms with Gasteiger partial charge in [0.15, 0.2) is 0 Å². The van der Waals surface area contributed by atoms with E-state index in [1.165, 1.54) is 33.5 Å². The van der Waals surface area contributed by atoms with Crippen LogP contribution in [0.2, 0.25) is 0 Å². The van der Waals surface area contributed by atoms with Crippen LogP contribution in [0.1, 0.15) is 99.8 Å². The fraction of sp³-hybridized carbons (Fsp3) is 0.370. The minimum atomic E-state index is -0.0991. The van der Waals surface area contributed by atoms with Crippen LogP contribution >= 0.6 is 0 Å². The van der Waals surface area contributed by atoms with E-state index in [4.69, 9.17) is 9.72 Å². The number of anilines is 3. The minimum absolute atomic E-state index is 0. The molecule has 1 aliphatic heterocycles. The SMILES string of the molecule is CC(C)(C)c1cc(Oc2[c-]c3c(cc2)c2c(C(C)(C)C)cccc2n3-c2cc(C(C)(C)C)ccn2)[c-]c(N2CN(C(C)(C)C)c3ccccc32)c1.[Pt+2]. The molecule has 0 fully saturated rings. The summed E-state index contributed by atoms with van der Waals surface area (Å²) < 4.78 is 9.04. The molecular formula is C46H52N4OPt. The molecular weight excluding hydrogens is 820 g/mol. The average Bonchev–Trinajstić information content (AvgIpc) is 3.60. The van der Waals surface area contributed by atoms with Crippen LogP contribution in [0.3, 0.4) is 0 Å². The number of nitrogens with zero attached hydrogens (tertiary/aromatic N) is 4. The molecule has 5 nitrogen and oxygen atoms in total. The maximum absolute atomic E-state index is 6.78. The molecule has 0 aliphatic carbocycles. The molecule has 0 spiro atoms. The molecule has 0 saturated heterocycles. The monoisotopic (exact) mass is 871 g/mol. The van der Waals surface area contributed by atoms with Gasteiger partial charge in [-0.3, -0.25) is 0 Å². The molecule has 2 aromatic heterocycles. The van der Waals surface area contributed by atoms with E-state index in [2.05, 4.69) is 182 Å². The number of aromatic nitrogens is 2. The zero-order valence-corrected chi connectivity index (χ0v) is 35.1. The van der Waals surface area contributed by atoms with Crippen molar-refractivity contribution in [3.8, 4) is 17.3 Å². The first-order chi connectivity index (χ1) is 23.8. The number of hydrogen-bond donors (Lipinski definition) is 0. The van der Waals surface area contributed by atoms with Gasteiger partial charge in [-0.05, 0) is 83.9 Å². The smallest absolute Gasteiger partial charge is 0.509 e. The van der Waals surface area contributed by atoms with Crippen molar-refractivity contribution in [1.82, 2.24) is 9.55 Å². The van der Waals surface area contributed by atoms with Crippen LogP contribution in [0.15, 0.2) is 85.1 Å². The number of para-hydroxylation sites is 2. The number of fused-ring (bicyclic) bond motifs is 4. The second-order valence-electron chi connectivity index (χ2n) is 18.2. The Hall–Kier alpha value is -4.08. The third-order valence-electron chi connectivity index (χ3n) is 10.1. The van der Waals surface area contributed by atoms with E-state index in [1.54, 1.807) is 0 Å². The van der Waals surface area contributed by atoms with Crippen molar-refractivity contribution in [1.29, 1.82) is 0 Å². The van der Waals surface area contributed by atoms with Crippen LogP contribution in [0, 0.1) is 12.1 Å². The molecule has 0 N–H and O–H groups in total. The van der Waals surface area contributed by atoms with Gasteiger partial charge in [0.05, 0.1) is 18.0 Å². The summed E-state index contributed by atoms with van der Waals surface area (Å²) in [6.45, 7) is 27.8. The molecule has 1 aliphatic rings. The predicted octanol–water partition coefficient (Wildman–Crippen LogP) is 12.2. The van der Waals surface area contributed by atoms with Crippen molar-refractivity contribution in [2.45, 2.75) is 105 Å². The number of pyridine rings is 1. The van der Waals surface area contributed by atoms with E-state index < -0.39 is 0 Å². The third kappa shape index (κ3) is 6.89. The molecule has 6 heteroatoms. The molecule has 6 aromatic rings. The van der Waals surface area contributed by atoms with Gasteiger partial charge in [0.1, 0.15) is 5.82 Å². The Morgan fingerprint density at radius 2 is 1.35 bits per heavy atom. The van der Waals surface area contributed by atoms with E-state index >= 15 is 0 Å². The summed E-state index contributed by atoms with van der Waals surface area (Å²) in [5.41, 5.74) is 8.96. The maximum Gasteiger partial charge on any atom is 2.00 e. The molecule has 0 bridgehead atoms. The molecule has 52 heavy (non-hydrogen) atoms. The molecule has 7 rings (SSSR count). The minimum Gasteiger partial charge on any atom is -0.509 e. The normalized spacial score (nSPS) is 13.8. The van der Waals surface area contributed by atoms with Gasteiger partial charge in [0, 0.05) is 28.8 Å². The molecule has 4 aromatic carbocycles. The standard InChI is InChI=1S/C46H52N4O.Pt/c1-43(2,3)30-22-23-47-41(26-30)50-39-19-15-16-36(45(7,8)9)42(39)35-21-20-33(28-40(35)50)51-34-25-31(44(4,5)6)24-32(27-34)48-29-49(46(10,11)12)38-18-14-13-17-37(38)48;/h13-26H,29H2,1-12H3;/q-2;+2. The van der Waals surface area contributed by atoms with Crippen molar-refractivity contribution >= 4 is 38.9 Å². The predicted molar refractivity (Wildman–Crippen MR) is 215 cm³/mol. The first-order valence-corrected chi connectivity index (χ1v) is 18.2. The Morgan fingerprint density at radius 1 is 0.654 bits per heavy atom. The number of rotatable bonds is 4. The van der Waals surface area contributed by atoms with Gasteiger partial charge in [-0.15, -0.1) is 41.3 Å². The second kappa shape index (κ2) is 13.1. The summed E-state index contributed by atoms with van der Waals surface area (Å²) in [6.07, 6.45) is 1.92. The van der Waals surface area contributed by atoms with Crippen LogP contribution in [0.25, 0.3) is 27.6 Å². The largest absolute Gasteiger partial charge is 2.00 e. The first kappa shape index (κ1) is 37.7. The Bertz CT molecular complexity index is 2270. The number of ether oxygens (including phenoxy) is 1. The summed E-state index contributed by atoms with van der Waals surface area (Å²) in [5.74, 6) is 2.19. The van der Waals surface area contributed by atoms with Gasteiger partial charge < -0.3 is 19.1 Å². The van der Waals surface area contributed by atoms with Gasteiger partial charge in [0.2, 0.25) is 0 Å². The average molecular weight is 872 g/mol. The molecule has 0 unspecified atom stereocenters. The van der Waals surface area contributed by atoms with Crippen molar-refractivity contribution in [3.63, 3.8) is 0 Å². The van der Waals surface area contributed by atoms with Gasteiger partial charge in [-0.2, -0.15) is 6.07 Å². The fourth-order valence-corrected chi connectivity index (χ4v) is 7.18. The van der Waals surface area contributed by atoms with Gasteiger partial charge in [-0.1, -0.05) is 97.8 Å². The van der Waals surface area contributed by atoms with Gasteiger partial charge in [-0.25, -0.2) is 4.98 Å². The first-order valence-electron chi connectivity index (χ1n) is 18.2. The quantitative estimate of drug-likeness (QED) is 0.165. The topological polar surface area (TPSA) is 33.5 Å². The van der Waals surface area contributed by atoms with Crippen molar-refractivity contribution in [2.75, 3.05) is 16.5 Å². The van der Waals surface area contributed by atoms with E-state index in [0.717, 1.165) is 34.6 Å². The van der Waals surface area contributed by atoms with Crippen molar-refractivity contribution < 1.29 is 25.8 Å². The van der Waals surface area contributed by atoms with Crippen molar-refractivity contribution in [2.24, 2.45) is 0 Å². The van der Waals surface area contributed by atoms with E-state index in [9.17, 15) is 0 Å². The molecule has 0 radical (unpaired) electrons. The van der Waals surface area contributed by atoms with Crippen LogP contribution in [0.5, 0.6) is 11.5 Å². The Kier molecular flexibility index (Phi) is 9.49. The van der Waals surface area contributed by atoms with Crippen LogP contribution < -0.4 is 14.5 Å². The summed E-state index contributed by atoms with van der Waals surface area (Å²) in [4.78, 5) is 9.73. The van der Waals surface area contributed by atoms with E-state index in [0.29, 0.717) is 11.5 Å². The van der Waals surface area contributed by atoms with Crippen LogP contribution in [0.4, 0.5) is 17.1 Å². The maximum atomic E-state index is 6.78. The van der Waals surface area contributed by atoms with Crippen molar-refractivity contribution in [3.05, 3.63) is 114 Å². The molecule has 272 valence electrons. The molecule has 0 atom stereocenters. The van der Waals surface area contributed by atoms with Crippen LogP contribution in [-0.4, -0.2) is 21.8 Å². The Balaban J connectivity index is 0.00000464. The molecule has 0 amide bonds. The van der Waals surface area contributed by atoms with Crippen LogP contribution in [-0.2, 0) is 37.3 Å². The van der Waals surface area contributed by atoms with E-state index in [1.807, 2.05) is 12.3 Å². The number of hydrogen-bond acceptors (Lipinski definition) is 4. The fourth-order valence-electron chi connectivity index (χ4n) is 7.18. The van der Waals surface area contributed by atoms with Gasteiger partial charge in [0.25, 0.3) is 0 Å². The molecule has 0 saturated carbocycles. The zero-order chi connectivity index (χ0) is 36.7. The number of benzene rings is 4. The summed E-state index contributed by atoms with van der Waals surface area (Å²) in [5, 5.41) is 2.36. The Labute approximate surface area is 325 Å². The third-order valence-corrected chi connectivity index (χ3v) is 10.1. The zero-order valence-electron chi connectivity index (χ0n) is 32.8. The summed E-state index contributed by atoms with van der Waals surface area (Å²) >= 11 is 0. The second-order valence-corrected chi connectivity index (χ2v) is 18.2.